The number of benzene rings is 1. The number of halogens is 2. The summed E-state index contributed by atoms with van der Waals surface area (Å²) in [5, 5.41) is 2.66. The standard InChI is InChI=1S/C12H17FN2O.ClH/c1-9(14)6-7-12(16)15-8-10-4-2-3-5-11(10)13;/h2-5,9H,6-8,14H2,1H3,(H,15,16);1H. The van der Waals surface area contributed by atoms with Crippen LogP contribution >= 0.6 is 12.4 Å². The Balaban J connectivity index is 0.00000256. The third-order valence-electron chi connectivity index (χ3n) is 2.26. The van der Waals surface area contributed by atoms with Crippen LogP contribution in [0.1, 0.15) is 25.3 Å². The second-order valence-electron chi connectivity index (χ2n) is 3.88. The predicted octanol–water partition coefficient (Wildman–Crippen LogP) is 1.99. The van der Waals surface area contributed by atoms with Crippen molar-refractivity contribution < 1.29 is 9.18 Å². The van der Waals surface area contributed by atoms with Gasteiger partial charge in [0.1, 0.15) is 5.82 Å². The molecule has 17 heavy (non-hydrogen) atoms. The third kappa shape index (κ3) is 6.24. The molecule has 0 aromatic heterocycles. The first kappa shape index (κ1) is 15.9. The lowest BCUT2D eigenvalue weighted by Crippen LogP contribution is -2.25. The topological polar surface area (TPSA) is 55.1 Å². The minimum absolute atomic E-state index is 0. The van der Waals surface area contributed by atoms with Crippen LogP contribution in [0.3, 0.4) is 0 Å². The summed E-state index contributed by atoms with van der Waals surface area (Å²) in [6, 6.07) is 6.41. The van der Waals surface area contributed by atoms with Gasteiger partial charge in [0, 0.05) is 24.6 Å². The van der Waals surface area contributed by atoms with Gasteiger partial charge in [-0.3, -0.25) is 4.79 Å². The Labute approximate surface area is 107 Å². The van der Waals surface area contributed by atoms with Crippen molar-refractivity contribution >= 4 is 18.3 Å². The Morgan fingerprint density at radius 3 is 2.71 bits per heavy atom. The van der Waals surface area contributed by atoms with Crippen LogP contribution in [0, 0.1) is 5.82 Å². The zero-order chi connectivity index (χ0) is 12.0. The number of carbonyl (C=O) groups is 1. The molecule has 0 aliphatic carbocycles. The fourth-order valence-corrected chi connectivity index (χ4v) is 1.28. The largest absolute Gasteiger partial charge is 0.352 e. The first-order valence-corrected chi connectivity index (χ1v) is 5.35. The lowest BCUT2D eigenvalue weighted by molar-refractivity contribution is -0.121. The summed E-state index contributed by atoms with van der Waals surface area (Å²) in [4.78, 5) is 11.3. The van der Waals surface area contributed by atoms with E-state index in [-0.39, 0.29) is 36.7 Å². The maximum absolute atomic E-state index is 13.2. The van der Waals surface area contributed by atoms with E-state index in [1.165, 1.54) is 6.07 Å². The predicted molar refractivity (Wildman–Crippen MR) is 68.4 cm³/mol. The molecule has 0 bridgehead atoms. The summed E-state index contributed by atoms with van der Waals surface area (Å²) in [5.41, 5.74) is 6.03. The van der Waals surface area contributed by atoms with Crippen molar-refractivity contribution in [2.45, 2.75) is 32.4 Å². The van der Waals surface area contributed by atoms with Gasteiger partial charge in [-0.15, -0.1) is 12.4 Å². The number of nitrogens with one attached hydrogen (secondary N) is 1. The molecule has 1 aromatic carbocycles. The van der Waals surface area contributed by atoms with E-state index in [0.717, 1.165) is 0 Å². The minimum atomic E-state index is -0.296. The molecule has 3 N–H and O–H groups in total. The summed E-state index contributed by atoms with van der Waals surface area (Å²) in [6.45, 7) is 2.08. The number of hydrogen-bond acceptors (Lipinski definition) is 2. The van der Waals surface area contributed by atoms with Crippen molar-refractivity contribution in [3.05, 3.63) is 35.6 Å². The summed E-state index contributed by atoms with van der Waals surface area (Å²) in [5.74, 6) is -0.393. The van der Waals surface area contributed by atoms with Gasteiger partial charge in [0.25, 0.3) is 0 Å². The van der Waals surface area contributed by atoms with Crippen molar-refractivity contribution in [2.24, 2.45) is 5.73 Å². The number of amides is 1. The zero-order valence-corrected chi connectivity index (χ0v) is 10.6. The summed E-state index contributed by atoms with van der Waals surface area (Å²) >= 11 is 0. The van der Waals surface area contributed by atoms with Crippen LogP contribution in [0.15, 0.2) is 24.3 Å². The van der Waals surface area contributed by atoms with Crippen molar-refractivity contribution in [3.63, 3.8) is 0 Å². The molecule has 1 aromatic rings. The second kappa shape index (κ2) is 8.03. The Hall–Kier alpha value is -1.13. The van der Waals surface area contributed by atoms with Crippen molar-refractivity contribution in [2.75, 3.05) is 0 Å². The Bertz CT molecular complexity index is 358. The van der Waals surface area contributed by atoms with E-state index in [4.69, 9.17) is 5.73 Å². The molecule has 5 heteroatoms. The van der Waals surface area contributed by atoms with Crippen LogP contribution < -0.4 is 11.1 Å². The number of hydrogen-bond donors (Lipinski definition) is 2. The molecule has 1 amide bonds. The lowest BCUT2D eigenvalue weighted by atomic mass is 10.2. The molecule has 0 saturated heterocycles. The normalized spacial score (nSPS) is 11.5. The first-order valence-electron chi connectivity index (χ1n) is 5.35. The summed E-state index contributed by atoms with van der Waals surface area (Å²) in [6.07, 6.45) is 1.02. The smallest absolute Gasteiger partial charge is 0.220 e. The van der Waals surface area contributed by atoms with Crippen LogP contribution in [0.25, 0.3) is 0 Å². The van der Waals surface area contributed by atoms with E-state index in [1.54, 1.807) is 18.2 Å². The SMILES string of the molecule is CC(N)CCC(=O)NCc1ccccc1F.Cl. The van der Waals surface area contributed by atoms with Gasteiger partial charge in [0.2, 0.25) is 5.91 Å². The highest BCUT2D eigenvalue weighted by atomic mass is 35.5. The van der Waals surface area contributed by atoms with Crippen LogP contribution in [0.5, 0.6) is 0 Å². The van der Waals surface area contributed by atoms with Crippen molar-refractivity contribution in [3.8, 4) is 0 Å². The van der Waals surface area contributed by atoms with E-state index >= 15 is 0 Å². The van der Waals surface area contributed by atoms with Gasteiger partial charge in [0.15, 0.2) is 0 Å². The van der Waals surface area contributed by atoms with Gasteiger partial charge in [-0.25, -0.2) is 4.39 Å². The Morgan fingerprint density at radius 2 is 2.12 bits per heavy atom. The summed E-state index contributed by atoms with van der Waals surface area (Å²) in [7, 11) is 0. The van der Waals surface area contributed by atoms with Crippen LogP contribution in [0.2, 0.25) is 0 Å². The molecule has 0 radical (unpaired) electrons. The minimum Gasteiger partial charge on any atom is -0.352 e. The molecule has 0 heterocycles. The molecular formula is C12H18ClFN2O. The van der Waals surface area contributed by atoms with Crippen LogP contribution in [-0.4, -0.2) is 11.9 Å². The number of rotatable bonds is 5. The van der Waals surface area contributed by atoms with Gasteiger partial charge in [-0.05, 0) is 19.4 Å². The van der Waals surface area contributed by atoms with Gasteiger partial charge in [-0.1, -0.05) is 18.2 Å². The Kier molecular flexibility index (Phi) is 7.50. The lowest BCUT2D eigenvalue weighted by Gasteiger charge is -2.07. The van der Waals surface area contributed by atoms with E-state index < -0.39 is 0 Å². The fourth-order valence-electron chi connectivity index (χ4n) is 1.28. The second-order valence-corrected chi connectivity index (χ2v) is 3.88. The third-order valence-corrected chi connectivity index (χ3v) is 2.26. The highest BCUT2D eigenvalue weighted by molar-refractivity contribution is 5.85. The van der Waals surface area contributed by atoms with E-state index in [1.807, 2.05) is 6.92 Å². The maximum Gasteiger partial charge on any atom is 0.220 e. The molecule has 0 aliphatic rings. The quantitative estimate of drug-likeness (QED) is 0.851. The number of nitrogens with two attached hydrogens (primary N) is 1. The van der Waals surface area contributed by atoms with Gasteiger partial charge < -0.3 is 11.1 Å². The molecular weight excluding hydrogens is 243 g/mol. The highest BCUT2D eigenvalue weighted by Crippen LogP contribution is 2.05. The van der Waals surface area contributed by atoms with E-state index in [9.17, 15) is 9.18 Å². The molecule has 0 aliphatic heterocycles. The number of carbonyl (C=O) groups excluding carboxylic acids is 1. The van der Waals surface area contributed by atoms with Gasteiger partial charge >= 0.3 is 0 Å². The molecule has 0 saturated carbocycles. The van der Waals surface area contributed by atoms with Crippen molar-refractivity contribution in [1.29, 1.82) is 0 Å². The van der Waals surface area contributed by atoms with Crippen molar-refractivity contribution in [1.82, 2.24) is 5.32 Å². The average Bonchev–Trinajstić information content (AvgIpc) is 2.25. The maximum atomic E-state index is 13.2. The molecule has 1 rings (SSSR count). The molecule has 0 fully saturated rings. The monoisotopic (exact) mass is 260 g/mol. The Morgan fingerprint density at radius 1 is 1.47 bits per heavy atom. The molecule has 1 unspecified atom stereocenters. The average molecular weight is 261 g/mol. The molecule has 3 nitrogen and oxygen atoms in total. The first-order chi connectivity index (χ1) is 7.59. The molecule has 96 valence electrons. The summed E-state index contributed by atoms with van der Waals surface area (Å²) < 4.78 is 13.2. The van der Waals surface area contributed by atoms with Crippen LogP contribution in [-0.2, 0) is 11.3 Å². The van der Waals surface area contributed by atoms with Crippen LogP contribution in [0.4, 0.5) is 4.39 Å². The highest BCUT2D eigenvalue weighted by Gasteiger charge is 2.05. The molecule has 0 spiro atoms. The molecule has 1 atom stereocenters. The fraction of sp³-hybridized carbons (Fsp3) is 0.417. The zero-order valence-electron chi connectivity index (χ0n) is 9.78. The van der Waals surface area contributed by atoms with E-state index in [0.29, 0.717) is 18.4 Å². The van der Waals surface area contributed by atoms with Gasteiger partial charge in [0.05, 0.1) is 0 Å². The van der Waals surface area contributed by atoms with E-state index in [2.05, 4.69) is 5.32 Å². The van der Waals surface area contributed by atoms with Gasteiger partial charge in [-0.2, -0.15) is 0 Å².